The third kappa shape index (κ3) is 2.67. The van der Waals surface area contributed by atoms with Crippen molar-refractivity contribution < 1.29 is 13.5 Å². The topological polar surface area (TPSA) is 44.1 Å². The highest BCUT2D eigenvalue weighted by Crippen LogP contribution is 2.25. The molecule has 0 spiro atoms. The van der Waals surface area contributed by atoms with E-state index in [1.165, 1.54) is 23.9 Å². The third-order valence-corrected chi connectivity index (χ3v) is 3.97. The molecule has 1 aliphatic heterocycles. The summed E-state index contributed by atoms with van der Waals surface area (Å²) < 4.78 is 33.2. The Balaban J connectivity index is 1.63. The fraction of sp³-hybridized carbons (Fsp3) is 0.231. The number of rotatable bonds is 3. The lowest BCUT2D eigenvalue weighted by Crippen LogP contribution is -2.17. The first-order valence-corrected chi connectivity index (χ1v) is 6.92. The van der Waals surface area contributed by atoms with Crippen LogP contribution >= 0.6 is 11.8 Å². The summed E-state index contributed by atoms with van der Waals surface area (Å²) in [6.45, 7) is 0.583. The van der Waals surface area contributed by atoms with Crippen LogP contribution in [0.2, 0.25) is 0 Å². The van der Waals surface area contributed by atoms with Gasteiger partial charge in [0.05, 0.1) is 6.54 Å². The first-order chi connectivity index (χ1) is 9.61. The van der Waals surface area contributed by atoms with E-state index >= 15 is 0 Å². The fourth-order valence-electron chi connectivity index (χ4n) is 1.89. The van der Waals surface area contributed by atoms with Crippen molar-refractivity contribution >= 4 is 11.8 Å². The van der Waals surface area contributed by atoms with Gasteiger partial charge in [0.15, 0.2) is 11.6 Å². The minimum absolute atomic E-state index is 0.151. The maximum absolute atomic E-state index is 13.1. The molecule has 4 nitrogen and oxygen atoms in total. The van der Waals surface area contributed by atoms with Crippen LogP contribution in [0.3, 0.4) is 0 Å². The molecule has 3 rings (SSSR count). The molecule has 2 heterocycles. The minimum Gasteiger partial charge on any atom is -0.458 e. The molecular weight excluding hydrogens is 286 g/mol. The molecular formula is C13H10F2N2O2S. The van der Waals surface area contributed by atoms with Gasteiger partial charge < -0.3 is 4.74 Å². The summed E-state index contributed by atoms with van der Waals surface area (Å²) in [5.74, 6) is -1.16. The number of aromatic nitrogens is 2. The molecule has 0 saturated carbocycles. The molecule has 0 radical (unpaired) electrons. The van der Waals surface area contributed by atoms with Gasteiger partial charge in [-0.25, -0.2) is 8.78 Å². The van der Waals surface area contributed by atoms with Gasteiger partial charge in [0, 0.05) is 22.9 Å². The van der Waals surface area contributed by atoms with Crippen molar-refractivity contribution in [1.82, 2.24) is 9.55 Å². The van der Waals surface area contributed by atoms with Gasteiger partial charge in [-0.1, -0.05) is 0 Å². The van der Waals surface area contributed by atoms with Crippen molar-refractivity contribution in [2.75, 3.05) is 5.75 Å². The Morgan fingerprint density at radius 1 is 1.35 bits per heavy atom. The van der Waals surface area contributed by atoms with Crippen LogP contribution in [0.1, 0.15) is 0 Å². The molecule has 20 heavy (non-hydrogen) atoms. The smallest absolute Gasteiger partial charge is 0.300 e. The summed E-state index contributed by atoms with van der Waals surface area (Å²) in [6.07, 6.45) is 1.48. The number of nitrogens with zero attached hydrogens (tertiary/aromatic N) is 2. The van der Waals surface area contributed by atoms with E-state index in [4.69, 9.17) is 4.74 Å². The number of hydrogen-bond donors (Lipinski definition) is 0. The molecule has 1 aromatic carbocycles. The number of benzene rings is 1. The van der Waals surface area contributed by atoms with E-state index in [1.54, 1.807) is 10.8 Å². The highest BCUT2D eigenvalue weighted by atomic mass is 32.2. The Kier molecular flexibility index (Phi) is 3.43. The van der Waals surface area contributed by atoms with E-state index in [1.807, 2.05) is 0 Å². The Morgan fingerprint density at radius 3 is 3.00 bits per heavy atom. The molecule has 1 atom stereocenters. The van der Waals surface area contributed by atoms with Crippen LogP contribution in [0.25, 0.3) is 0 Å². The zero-order valence-corrected chi connectivity index (χ0v) is 11.1. The highest BCUT2D eigenvalue weighted by molar-refractivity contribution is 7.99. The first-order valence-electron chi connectivity index (χ1n) is 5.94. The van der Waals surface area contributed by atoms with Gasteiger partial charge in [0.2, 0.25) is 0 Å². The molecule has 0 fully saturated rings. The maximum atomic E-state index is 13.1. The van der Waals surface area contributed by atoms with Crippen LogP contribution < -0.4 is 10.3 Å². The second-order valence-electron chi connectivity index (χ2n) is 4.33. The van der Waals surface area contributed by atoms with Gasteiger partial charge in [-0.15, -0.1) is 11.8 Å². The second-order valence-corrected chi connectivity index (χ2v) is 5.42. The summed E-state index contributed by atoms with van der Waals surface area (Å²) in [7, 11) is 0. The molecule has 1 unspecified atom stereocenters. The molecule has 1 aromatic heterocycles. The molecule has 0 bridgehead atoms. The summed E-state index contributed by atoms with van der Waals surface area (Å²) >= 11 is 1.36. The van der Waals surface area contributed by atoms with Crippen LogP contribution in [0.4, 0.5) is 8.78 Å². The Labute approximate surface area is 117 Å². The van der Waals surface area contributed by atoms with Gasteiger partial charge in [-0.05, 0) is 18.2 Å². The third-order valence-electron chi connectivity index (χ3n) is 2.85. The van der Waals surface area contributed by atoms with Crippen molar-refractivity contribution in [3.63, 3.8) is 0 Å². The Morgan fingerprint density at radius 2 is 2.20 bits per heavy atom. The van der Waals surface area contributed by atoms with Gasteiger partial charge >= 0.3 is 0 Å². The predicted octanol–water partition coefficient (Wildman–Crippen LogP) is 2.07. The van der Waals surface area contributed by atoms with Crippen molar-refractivity contribution in [1.29, 1.82) is 0 Å². The van der Waals surface area contributed by atoms with Gasteiger partial charge in [-0.3, -0.25) is 9.36 Å². The fourth-order valence-corrected chi connectivity index (χ4v) is 2.80. The lowest BCUT2D eigenvalue weighted by molar-refractivity contribution is 0.250. The number of halogens is 2. The van der Waals surface area contributed by atoms with Crippen LogP contribution in [0.5, 0.6) is 6.01 Å². The highest BCUT2D eigenvalue weighted by Gasteiger charge is 2.23. The molecule has 0 amide bonds. The monoisotopic (exact) mass is 296 g/mol. The van der Waals surface area contributed by atoms with Crippen LogP contribution in [-0.2, 0) is 6.54 Å². The van der Waals surface area contributed by atoms with Gasteiger partial charge in [0.25, 0.3) is 11.6 Å². The van der Waals surface area contributed by atoms with E-state index in [9.17, 15) is 13.6 Å². The lowest BCUT2D eigenvalue weighted by atomic mass is 10.3. The standard InChI is InChI=1S/C13H10F2N2O2S/c14-10-2-1-9(5-11(10)15)20-7-8-6-17-4-3-12(18)16-13(17)19-8/h1-5,8H,6-7H2. The van der Waals surface area contributed by atoms with Crippen molar-refractivity contribution in [3.05, 3.63) is 52.5 Å². The van der Waals surface area contributed by atoms with E-state index in [0.717, 1.165) is 12.1 Å². The summed E-state index contributed by atoms with van der Waals surface area (Å²) in [5.41, 5.74) is -0.342. The molecule has 2 aromatic rings. The average molecular weight is 296 g/mol. The van der Waals surface area contributed by atoms with Gasteiger partial charge in [-0.2, -0.15) is 4.98 Å². The molecule has 1 aliphatic rings. The zero-order valence-electron chi connectivity index (χ0n) is 10.3. The summed E-state index contributed by atoms with van der Waals surface area (Å²) in [4.78, 5) is 15.5. The maximum Gasteiger partial charge on any atom is 0.300 e. The SMILES string of the molecule is O=c1ccn2c(n1)OC(CSc1ccc(F)c(F)c1)C2. The van der Waals surface area contributed by atoms with Crippen LogP contribution in [0.15, 0.2) is 40.2 Å². The normalized spacial score (nSPS) is 16.8. The van der Waals surface area contributed by atoms with Crippen LogP contribution in [-0.4, -0.2) is 21.4 Å². The van der Waals surface area contributed by atoms with E-state index in [2.05, 4.69) is 4.98 Å². The number of thioether (sulfide) groups is 1. The number of fused-ring (bicyclic) bond motifs is 1. The summed E-state index contributed by atoms with van der Waals surface area (Å²) in [5, 5.41) is 0. The quantitative estimate of drug-likeness (QED) is 0.813. The molecule has 0 saturated heterocycles. The Hall–Kier alpha value is -1.89. The first kappa shape index (κ1) is 13.1. The second kappa shape index (κ2) is 5.24. The summed E-state index contributed by atoms with van der Waals surface area (Å²) in [6, 6.07) is 5.45. The van der Waals surface area contributed by atoms with E-state index in [-0.39, 0.29) is 11.7 Å². The largest absolute Gasteiger partial charge is 0.458 e. The molecule has 0 N–H and O–H groups in total. The van der Waals surface area contributed by atoms with E-state index in [0.29, 0.717) is 23.2 Å². The molecule has 104 valence electrons. The number of ether oxygens (including phenoxy) is 1. The average Bonchev–Trinajstić information content (AvgIpc) is 2.82. The minimum atomic E-state index is -0.863. The van der Waals surface area contributed by atoms with Gasteiger partial charge in [0.1, 0.15) is 6.10 Å². The Bertz CT molecular complexity index is 705. The number of hydrogen-bond acceptors (Lipinski definition) is 4. The van der Waals surface area contributed by atoms with E-state index < -0.39 is 11.6 Å². The zero-order chi connectivity index (χ0) is 14.1. The van der Waals surface area contributed by atoms with Crippen molar-refractivity contribution in [3.8, 4) is 6.01 Å². The predicted molar refractivity (Wildman–Crippen MR) is 70.0 cm³/mol. The molecule has 0 aliphatic carbocycles. The van der Waals surface area contributed by atoms with Crippen molar-refractivity contribution in [2.24, 2.45) is 0 Å². The molecule has 7 heteroatoms. The lowest BCUT2D eigenvalue weighted by Gasteiger charge is -2.08. The van der Waals surface area contributed by atoms with Crippen LogP contribution in [0, 0.1) is 11.6 Å². The van der Waals surface area contributed by atoms with Crippen molar-refractivity contribution in [2.45, 2.75) is 17.5 Å².